The van der Waals surface area contributed by atoms with E-state index in [0.717, 1.165) is 30.6 Å². The lowest BCUT2D eigenvalue weighted by Gasteiger charge is -2.30. The van der Waals surface area contributed by atoms with Crippen LogP contribution in [-0.4, -0.2) is 13.2 Å². The summed E-state index contributed by atoms with van der Waals surface area (Å²) in [6.07, 6.45) is 17.1. The first-order chi connectivity index (χ1) is 12.2. The summed E-state index contributed by atoms with van der Waals surface area (Å²) in [5.41, 5.74) is 1.68. The summed E-state index contributed by atoms with van der Waals surface area (Å²) in [6.45, 7) is 1.57. The molecule has 4 aliphatic carbocycles. The van der Waals surface area contributed by atoms with Crippen LogP contribution in [0.2, 0.25) is 0 Å². The van der Waals surface area contributed by atoms with Crippen molar-refractivity contribution in [1.82, 2.24) is 0 Å². The zero-order valence-electron chi connectivity index (χ0n) is 14.9. The highest BCUT2D eigenvalue weighted by Gasteiger charge is 2.43. The molecule has 2 saturated carbocycles. The number of hydrogen-bond acceptors (Lipinski definition) is 2. The lowest BCUT2D eigenvalue weighted by Crippen LogP contribution is -2.26. The van der Waals surface area contributed by atoms with Crippen LogP contribution in [0, 0.1) is 22.7 Å². The van der Waals surface area contributed by atoms with Crippen molar-refractivity contribution in [2.45, 2.75) is 44.8 Å². The third-order valence-corrected chi connectivity index (χ3v) is 6.92. The van der Waals surface area contributed by atoms with Gasteiger partial charge in [0.2, 0.25) is 0 Å². The van der Waals surface area contributed by atoms with Gasteiger partial charge in [-0.15, -0.1) is 0 Å². The van der Waals surface area contributed by atoms with Crippen molar-refractivity contribution < 1.29 is 9.47 Å². The summed E-state index contributed by atoms with van der Waals surface area (Å²) in [4.78, 5) is 0. The molecule has 0 radical (unpaired) electrons. The first-order valence-electron chi connectivity index (χ1n) is 9.91. The van der Waals surface area contributed by atoms with Crippen LogP contribution in [-0.2, 0) is 9.47 Å². The molecule has 2 fully saturated rings. The number of allylic oxidation sites excluding steroid dienone is 2. The fraction of sp³-hybridized carbons (Fsp3) is 0.565. The quantitative estimate of drug-likeness (QED) is 0.488. The molecule has 0 spiro atoms. The van der Waals surface area contributed by atoms with Crippen molar-refractivity contribution >= 4 is 0 Å². The molecule has 2 nitrogen and oxygen atoms in total. The monoisotopic (exact) mass is 336 g/mol. The molecule has 1 aromatic carbocycles. The number of benzene rings is 1. The van der Waals surface area contributed by atoms with Gasteiger partial charge in [0, 0.05) is 16.4 Å². The fourth-order valence-electron chi connectivity index (χ4n) is 5.40. The number of rotatable bonds is 7. The number of fused-ring (bicyclic) bond motifs is 4. The largest absolute Gasteiger partial charge is 0.347 e. The molecular formula is C23H28O2. The van der Waals surface area contributed by atoms with E-state index in [2.05, 4.69) is 54.6 Å². The van der Waals surface area contributed by atoms with Crippen LogP contribution in [0.4, 0.5) is 0 Å². The standard InChI is InChI=1S/C23H28O2/c1-2-4-20(5-3-1)21(24-16-22-10-6-18(14-22)7-11-22)25-17-23-12-8-19(15-23)9-13-23/h1-6,8,10,12,18-19,21H,7,9,11,13-17H2. The van der Waals surface area contributed by atoms with Crippen molar-refractivity contribution in [3.8, 4) is 0 Å². The number of ether oxygens (including phenoxy) is 2. The van der Waals surface area contributed by atoms with Gasteiger partial charge >= 0.3 is 0 Å². The molecule has 4 bridgehead atoms. The minimum atomic E-state index is -0.244. The molecule has 5 rings (SSSR count). The van der Waals surface area contributed by atoms with E-state index in [9.17, 15) is 0 Å². The second kappa shape index (κ2) is 6.10. The topological polar surface area (TPSA) is 18.5 Å². The van der Waals surface area contributed by atoms with Crippen molar-refractivity contribution in [3.05, 3.63) is 60.2 Å². The predicted molar refractivity (Wildman–Crippen MR) is 98.9 cm³/mol. The molecule has 0 aromatic heterocycles. The molecule has 0 saturated heterocycles. The molecule has 4 atom stereocenters. The van der Waals surface area contributed by atoms with E-state index < -0.39 is 0 Å². The fourth-order valence-corrected chi connectivity index (χ4v) is 5.40. The second-order valence-corrected chi connectivity index (χ2v) is 8.81. The third kappa shape index (κ3) is 3.00. The normalized spacial score (nSPS) is 38.7. The van der Waals surface area contributed by atoms with Gasteiger partial charge in [-0.2, -0.15) is 0 Å². The maximum atomic E-state index is 6.40. The van der Waals surface area contributed by atoms with E-state index in [1.807, 2.05) is 0 Å². The Kier molecular flexibility index (Phi) is 3.87. The highest BCUT2D eigenvalue weighted by molar-refractivity contribution is 5.19. The van der Waals surface area contributed by atoms with Gasteiger partial charge in [0.05, 0.1) is 13.2 Å². The number of hydrogen-bond donors (Lipinski definition) is 0. The maximum absolute atomic E-state index is 6.40. The van der Waals surface area contributed by atoms with E-state index in [1.54, 1.807) is 0 Å². The molecule has 132 valence electrons. The molecule has 1 aromatic rings. The van der Waals surface area contributed by atoms with E-state index in [0.29, 0.717) is 0 Å². The summed E-state index contributed by atoms with van der Waals surface area (Å²) in [7, 11) is 0. The Morgan fingerprint density at radius 2 is 1.40 bits per heavy atom. The zero-order chi connectivity index (χ0) is 16.7. The van der Waals surface area contributed by atoms with Crippen LogP contribution in [0.1, 0.15) is 50.4 Å². The highest BCUT2D eigenvalue weighted by Crippen LogP contribution is 2.51. The first-order valence-corrected chi connectivity index (χ1v) is 9.91. The van der Waals surface area contributed by atoms with Crippen LogP contribution in [0.5, 0.6) is 0 Å². The Bertz CT molecular complexity index is 639. The molecule has 0 aliphatic heterocycles. The Morgan fingerprint density at radius 3 is 1.80 bits per heavy atom. The van der Waals surface area contributed by atoms with Crippen LogP contribution in [0.15, 0.2) is 54.6 Å². The minimum Gasteiger partial charge on any atom is -0.347 e. The van der Waals surface area contributed by atoms with Crippen molar-refractivity contribution in [2.24, 2.45) is 22.7 Å². The van der Waals surface area contributed by atoms with Crippen molar-refractivity contribution in [1.29, 1.82) is 0 Å². The highest BCUT2D eigenvalue weighted by atomic mass is 16.7. The van der Waals surface area contributed by atoms with Gasteiger partial charge in [-0.1, -0.05) is 54.6 Å². The van der Waals surface area contributed by atoms with E-state index in [1.165, 1.54) is 38.5 Å². The van der Waals surface area contributed by atoms with E-state index in [4.69, 9.17) is 9.47 Å². The molecule has 0 amide bonds. The van der Waals surface area contributed by atoms with Gasteiger partial charge in [-0.25, -0.2) is 0 Å². The van der Waals surface area contributed by atoms with Gasteiger partial charge < -0.3 is 9.47 Å². The lowest BCUT2D eigenvalue weighted by atomic mass is 9.89. The van der Waals surface area contributed by atoms with Crippen LogP contribution < -0.4 is 0 Å². The third-order valence-electron chi connectivity index (χ3n) is 6.92. The van der Waals surface area contributed by atoms with Crippen LogP contribution in [0.3, 0.4) is 0 Å². The van der Waals surface area contributed by atoms with Gasteiger partial charge in [0.25, 0.3) is 0 Å². The van der Waals surface area contributed by atoms with Gasteiger partial charge in [-0.05, 0) is 50.4 Å². The summed E-state index contributed by atoms with van der Waals surface area (Å²) in [5, 5.41) is 0. The Hall–Kier alpha value is -1.38. The average Bonchev–Trinajstić information content (AvgIpc) is 3.43. The van der Waals surface area contributed by atoms with Crippen molar-refractivity contribution in [3.63, 3.8) is 0 Å². The second-order valence-electron chi connectivity index (χ2n) is 8.81. The van der Waals surface area contributed by atoms with E-state index >= 15 is 0 Å². The molecule has 4 unspecified atom stereocenters. The SMILES string of the molecule is C1=CC2(COC(OCC34C=CC(CC3)C4)c3ccccc3)CCC1C2. The molecule has 0 N–H and O–H groups in total. The van der Waals surface area contributed by atoms with Gasteiger partial charge in [0.15, 0.2) is 6.29 Å². The Morgan fingerprint density at radius 1 is 0.840 bits per heavy atom. The summed E-state index contributed by atoms with van der Waals surface area (Å²) < 4.78 is 12.8. The smallest absolute Gasteiger partial charge is 0.183 e. The average molecular weight is 336 g/mol. The van der Waals surface area contributed by atoms with Crippen LogP contribution in [0.25, 0.3) is 0 Å². The predicted octanol–water partition coefficient (Wildman–Crippen LogP) is 5.43. The van der Waals surface area contributed by atoms with E-state index in [-0.39, 0.29) is 17.1 Å². The molecule has 4 aliphatic rings. The molecule has 2 heteroatoms. The molecule has 0 heterocycles. The van der Waals surface area contributed by atoms with Gasteiger partial charge in [0.1, 0.15) is 0 Å². The summed E-state index contributed by atoms with van der Waals surface area (Å²) in [6, 6.07) is 10.5. The minimum absolute atomic E-state index is 0.244. The zero-order valence-corrected chi connectivity index (χ0v) is 14.9. The summed E-state index contributed by atoms with van der Waals surface area (Å²) >= 11 is 0. The van der Waals surface area contributed by atoms with Gasteiger partial charge in [-0.3, -0.25) is 0 Å². The van der Waals surface area contributed by atoms with Crippen molar-refractivity contribution in [2.75, 3.05) is 13.2 Å². The first kappa shape index (κ1) is 15.8. The molecule has 25 heavy (non-hydrogen) atoms. The Balaban J connectivity index is 1.27. The molecular weight excluding hydrogens is 308 g/mol. The lowest BCUT2D eigenvalue weighted by molar-refractivity contribution is -0.173. The summed E-state index contributed by atoms with van der Waals surface area (Å²) in [5.74, 6) is 1.58. The maximum Gasteiger partial charge on any atom is 0.183 e. The van der Waals surface area contributed by atoms with Crippen LogP contribution >= 0.6 is 0 Å². The Labute approximate surface area is 150 Å².